The van der Waals surface area contributed by atoms with E-state index in [1.165, 1.54) is 31.2 Å². The smallest absolute Gasteiger partial charge is 0.387 e. The van der Waals surface area contributed by atoms with Crippen molar-refractivity contribution >= 4 is 35.2 Å². The lowest BCUT2D eigenvalue weighted by Crippen LogP contribution is -2.47. The Balaban J connectivity index is 1.55. The zero-order valence-corrected chi connectivity index (χ0v) is 17.7. The maximum absolute atomic E-state index is 12.8. The van der Waals surface area contributed by atoms with Crippen LogP contribution < -0.4 is 20.7 Å². The average molecular weight is 466 g/mol. The van der Waals surface area contributed by atoms with Crippen LogP contribution >= 0.6 is 11.3 Å². The van der Waals surface area contributed by atoms with E-state index in [4.69, 9.17) is 0 Å². The predicted octanol–water partition coefficient (Wildman–Crippen LogP) is 2.18. The molecule has 2 aromatic rings. The highest BCUT2D eigenvalue weighted by Crippen LogP contribution is 2.30. The van der Waals surface area contributed by atoms with E-state index < -0.39 is 42.6 Å². The molecule has 1 aromatic carbocycles. The predicted molar refractivity (Wildman–Crippen MR) is 110 cm³/mol. The molecule has 1 unspecified atom stereocenters. The number of ether oxygens (including phenoxy) is 1. The lowest BCUT2D eigenvalue weighted by molar-refractivity contribution is -0.134. The van der Waals surface area contributed by atoms with E-state index >= 15 is 0 Å². The number of hydrogen-bond acceptors (Lipinski definition) is 6. The van der Waals surface area contributed by atoms with E-state index in [2.05, 4.69) is 20.7 Å². The molecule has 3 rings (SSSR count). The molecular formula is C20H20F2N4O5S. The van der Waals surface area contributed by atoms with Crippen molar-refractivity contribution in [1.82, 2.24) is 20.9 Å². The van der Waals surface area contributed by atoms with Crippen molar-refractivity contribution in [3.8, 4) is 5.75 Å². The van der Waals surface area contributed by atoms with Crippen LogP contribution in [-0.4, -0.2) is 48.5 Å². The van der Waals surface area contributed by atoms with E-state index in [-0.39, 0.29) is 5.75 Å². The van der Waals surface area contributed by atoms with Gasteiger partial charge >= 0.3 is 18.7 Å². The summed E-state index contributed by atoms with van der Waals surface area (Å²) in [5, 5.41) is 9.00. The van der Waals surface area contributed by atoms with Crippen molar-refractivity contribution in [2.75, 3.05) is 13.1 Å². The first-order valence-electron chi connectivity index (χ1n) is 9.48. The number of urea groups is 2. The van der Waals surface area contributed by atoms with Crippen molar-refractivity contribution < 1.29 is 32.7 Å². The van der Waals surface area contributed by atoms with Crippen LogP contribution in [0.4, 0.5) is 18.4 Å². The summed E-state index contributed by atoms with van der Waals surface area (Å²) in [6.45, 7) is -1.92. The molecule has 0 bridgehead atoms. The maximum Gasteiger partial charge on any atom is 0.387 e. The van der Waals surface area contributed by atoms with Gasteiger partial charge in [-0.25, -0.2) is 9.59 Å². The number of benzene rings is 1. The number of halogens is 2. The van der Waals surface area contributed by atoms with Gasteiger partial charge in [-0.2, -0.15) is 8.78 Å². The van der Waals surface area contributed by atoms with E-state index in [9.17, 15) is 28.0 Å². The Morgan fingerprint density at radius 2 is 1.94 bits per heavy atom. The molecule has 1 atom stereocenters. The summed E-state index contributed by atoms with van der Waals surface area (Å²) < 4.78 is 28.9. The monoisotopic (exact) mass is 466 g/mol. The lowest BCUT2D eigenvalue weighted by atomic mass is 9.92. The molecule has 0 radical (unpaired) electrons. The third-order valence-corrected chi connectivity index (χ3v) is 5.66. The molecule has 1 aliphatic heterocycles. The van der Waals surface area contributed by atoms with Gasteiger partial charge in [-0.05, 0) is 42.5 Å². The highest BCUT2D eigenvalue weighted by molar-refractivity contribution is 7.09. The van der Waals surface area contributed by atoms with E-state index in [1.54, 1.807) is 11.3 Å². The van der Waals surface area contributed by atoms with Crippen molar-refractivity contribution in [2.45, 2.75) is 25.5 Å². The first-order chi connectivity index (χ1) is 15.2. The van der Waals surface area contributed by atoms with Crippen molar-refractivity contribution in [3.05, 3.63) is 52.2 Å². The molecule has 170 valence electrons. The molecule has 32 heavy (non-hydrogen) atoms. The van der Waals surface area contributed by atoms with E-state index in [0.717, 1.165) is 4.88 Å². The summed E-state index contributed by atoms with van der Waals surface area (Å²) in [6, 6.07) is 7.45. The van der Waals surface area contributed by atoms with Gasteiger partial charge in [0, 0.05) is 11.4 Å². The van der Waals surface area contributed by atoms with Crippen LogP contribution in [0.1, 0.15) is 17.4 Å². The van der Waals surface area contributed by atoms with Crippen molar-refractivity contribution in [1.29, 1.82) is 0 Å². The fourth-order valence-electron chi connectivity index (χ4n) is 3.11. The molecule has 0 saturated carbocycles. The summed E-state index contributed by atoms with van der Waals surface area (Å²) in [6.07, 6.45) is 0.603. The van der Waals surface area contributed by atoms with Gasteiger partial charge in [0.05, 0.1) is 0 Å². The zero-order valence-electron chi connectivity index (χ0n) is 16.9. The molecular weight excluding hydrogens is 446 g/mol. The Labute approximate surface area is 185 Å². The molecule has 1 fully saturated rings. The van der Waals surface area contributed by atoms with Gasteiger partial charge in [0.2, 0.25) is 5.91 Å². The number of rotatable bonds is 8. The molecule has 3 N–H and O–H groups in total. The molecule has 6 amide bonds. The molecule has 9 nitrogen and oxygen atoms in total. The largest absolute Gasteiger partial charge is 0.435 e. The van der Waals surface area contributed by atoms with E-state index in [0.29, 0.717) is 23.4 Å². The Kier molecular flexibility index (Phi) is 7.03. The minimum absolute atomic E-state index is 0.106. The number of nitrogens with zero attached hydrogens (tertiary/aromatic N) is 1. The Morgan fingerprint density at radius 3 is 2.56 bits per heavy atom. The number of thiophene rings is 1. The fourth-order valence-corrected chi connectivity index (χ4v) is 3.82. The summed E-state index contributed by atoms with van der Waals surface area (Å²) in [4.78, 5) is 50.9. The summed E-state index contributed by atoms with van der Waals surface area (Å²) in [5.41, 5.74) is -1.20. The molecule has 2 heterocycles. The van der Waals surface area contributed by atoms with Gasteiger partial charge in [-0.15, -0.1) is 11.3 Å². The summed E-state index contributed by atoms with van der Waals surface area (Å²) in [7, 11) is 0. The number of carbonyl (C=O) groups excluding carboxylic acids is 4. The number of imide groups is 2. The van der Waals surface area contributed by atoms with Gasteiger partial charge in [0.15, 0.2) is 0 Å². The first kappa shape index (κ1) is 23.1. The van der Waals surface area contributed by atoms with Gasteiger partial charge in [0.25, 0.3) is 5.91 Å². The summed E-state index contributed by atoms with van der Waals surface area (Å²) >= 11 is 1.54. The van der Waals surface area contributed by atoms with Gasteiger partial charge < -0.3 is 15.4 Å². The maximum atomic E-state index is 12.8. The molecule has 0 spiro atoms. The highest BCUT2D eigenvalue weighted by atomic mass is 32.1. The molecule has 0 aliphatic carbocycles. The van der Waals surface area contributed by atoms with Crippen molar-refractivity contribution in [3.63, 3.8) is 0 Å². The average Bonchev–Trinajstić information content (AvgIpc) is 3.31. The van der Waals surface area contributed by atoms with Crippen LogP contribution in [0.3, 0.4) is 0 Å². The topological polar surface area (TPSA) is 117 Å². The minimum atomic E-state index is -2.99. The Morgan fingerprint density at radius 1 is 1.22 bits per heavy atom. The van der Waals surface area contributed by atoms with Crippen LogP contribution in [0.2, 0.25) is 0 Å². The number of hydrogen-bond donors (Lipinski definition) is 3. The lowest BCUT2D eigenvalue weighted by Gasteiger charge is -2.22. The third kappa shape index (κ3) is 5.38. The highest BCUT2D eigenvalue weighted by Gasteiger charge is 2.49. The van der Waals surface area contributed by atoms with Crippen LogP contribution in [0, 0.1) is 0 Å². The number of amides is 6. The van der Waals surface area contributed by atoms with Crippen LogP contribution in [0.25, 0.3) is 0 Å². The third-order valence-electron chi connectivity index (χ3n) is 4.72. The first-order valence-corrected chi connectivity index (χ1v) is 10.4. The van der Waals surface area contributed by atoms with Gasteiger partial charge in [-0.3, -0.25) is 19.8 Å². The normalized spacial score (nSPS) is 17.9. The van der Waals surface area contributed by atoms with Crippen LogP contribution in [0.15, 0.2) is 41.8 Å². The second-order valence-corrected chi connectivity index (χ2v) is 8.02. The minimum Gasteiger partial charge on any atom is -0.435 e. The quantitative estimate of drug-likeness (QED) is 0.516. The van der Waals surface area contributed by atoms with Crippen LogP contribution in [-0.2, 0) is 21.5 Å². The molecule has 1 aromatic heterocycles. The van der Waals surface area contributed by atoms with Gasteiger partial charge in [0.1, 0.15) is 17.8 Å². The standard InChI is InChI=1S/C20H20F2N4O5S/c1-20(12-4-6-13(7-5-12)31-17(21)22)16(28)26(19(30)25-20)11-15(27)24-18(29)23-9-8-14-3-2-10-32-14/h2-7,10,17H,8-9,11H2,1H3,(H,25,30)(H2,23,24,27,29). The van der Waals surface area contributed by atoms with Crippen molar-refractivity contribution in [2.24, 2.45) is 0 Å². The number of nitrogens with one attached hydrogen (secondary N) is 3. The Hall–Kier alpha value is -3.54. The van der Waals surface area contributed by atoms with E-state index in [1.807, 2.05) is 17.5 Å². The Bertz CT molecular complexity index is 1000. The fraction of sp³-hybridized carbons (Fsp3) is 0.300. The zero-order chi connectivity index (χ0) is 23.3. The molecule has 1 aliphatic rings. The summed E-state index contributed by atoms with van der Waals surface area (Å²) in [5.74, 6) is -1.67. The molecule has 12 heteroatoms. The van der Waals surface area contributed by atoms with Crippen LogP contribution in [0.5, 0.6) is 5.75 Å². The number of alkyl halides is 2. The number of carbonyl (C=O) groups is 4. The second-order valence-electron chi connectivity index (χ2n) is 6.98. The molecule has 1 saturated heterocycles. The van der Waals surface area contributed by atoms with Gasteiger partial charge in [-0.1, -0.05) is 18.2 Å². The SMILES string of the molecule is CC1(c2ccc(OC(F)F)cc2)NC(=O)N(CC(=O)NC(=O)NCCc2cccs2)C1=O. The second kappa shape index (κ2) is 9.73.